The number of nitrogens with zero attached hydrogens (tertiary/aromatic N) is 1. The van der Waals surface area contributed by atoms with Crippen molar-refractivity contribution in [2.75, 3.05) is 0 Å². The molecule has 2 heteroatoms. The summed E-state index contributed by atoms with van der Waals surface area (Å²) >= 11 is 0. The summed E-state index contributed by atoms with van der Waals surface area (Å²) in [5, 5.41) is 7.37. The molecular formula is C13H16N2. The van der Waals surface area contributed by atoms with Gasteiger partial charge < -0.3 is 0 Å². The summed E-state index contributed by atoms with van der Waals surface area (Å²) in [4.78, 5) is 0. The molecule has 0 amide bonds. The number of benzene rings is 1. The van der Waals surface area contributed by atoms with Crippen LogP contribution in [0.4, 0.5) is 0 Å². The minimum Gasteiger partial charge on any atom is -0.282 e. The lowest BCUT2D eigenvalue weighted by Gasteiger charge is -1.97. The molecule has 2 rings (SSSR count). The van der Waals surface area contributed by atoms with Gasteiger partial charge >= 0.3 is 0 Å². The zero-order valence-electron chi connectivity index (χ0n) is 9.20. The van der Waals surface area contributed by atoms with Crippen molar-refractivity contribution in [1.29, 1.82) is 0 Å². The highest BCUT2D eigenvalue weighted by Crippen LogP contribution is 2.14. The summed E-state index contributed by atoms with van der Waals surface area (Å²) in [6, 6.07) is 12.6. The van der Waals surface area contributed by atoms with Crippen molar-refractivity contribution in [2.45, 2.75) is 26.2 Å². The minimum absolute atomic E-state index is 0.491. The van der Waals surface area contributed by atoms with E-state index in [0.29, 0.717) is 5.92 Å². The van der Waals surface area contributed by atoms with Crippen molar-refractivity contribution in [1.82, 2.24) is 10.2 Å². The topological polar surface area (TPSA) is 28.7 Å². The SMILES string of the molecule is CC(C)c1cc(Cc2ccccc2)[nH]n1. The second-order valence-electron chi connectivity index (χ2n) is 4.14. The first-order valence-electron chi connectivity index (χ1n) is 5.34. The van der Waals surface area contributed by atoms with Crippen LogP contribution in [0, 0.1) is 0 Å². The molecule has 0 unspecified atom stereocenters. The zero-order valence-corrected chi connectivity index (χ0v) is 9.20. The van der Waals surface area contributed by atoms with Crippen molar-refractivity contribution in [2.24, 2.45) is 0 Å². The van der Waals surface area contributed by atoms with E-state index in [0.717, 1.165) is 12.1 Å². The van der Waals surface area contributed by atoms with Gasteiger partial charge in [0, 0.05) is 12.1 Å². The number of hydrogen-bond acceptors (Lipinski definition) is 1. The molecule has 1 aromatic heterocycles. The predicted molar refractivity (Wildman–Crippen MR) is 61.9 cm³/mol. The van der Waals surface area contributed by atoms with Crippen LogP contribution in [0.1, 0.15) is 36.7 Å². The maximum Gasteiger partial charge on any atom is 0.0650 e. The van der Waals surface area contributed by atoms with Crippen LogP contribution in [0.15, 0.2) is 36.4 Å². The first-order chi connectivity index (χ1) is 7.25. The fraction of sp³-hybridized carbons (Fsp3) is 0.308. The summed E-state index contributed by atoms with van der Waals surface area (Å²) in [5.74, 6) is 0.491. The Bertz CT molecular complexity index is 415. The van der Waals surface area contributed by atoms with Crippen molar-refractivity contribution in [3.05, 3.63) is 53.3 Å². The normalized spacial score (nSPS) is 10.9. The Hall–Kier alpha value is -1.57. The van der Waals surface area contributed by atoms with Crippen molar-refractivity contribution in [3.63, 3.8) is 0 Å². The average Bonchev–Trinajstić information content (AvgIpc) is 2.68. The van der Waals surface area contributed by atoms with E-state index in [9.17, 15) is 0 Å². The highest BCUT2D eigenvalue weighted by Gasteiger charge is 2.04. The van der Waals surface area contributed by atoms with Crippen molar-refractivity contribution >= 4 is 0 Å². The predicted octanol–water partition coefficient (Wildman–Crippen LogP) is 3.12. The summed E-state index contributed by atoms with van der Waals surface area (Å²) in [6.45, 7) is 4.31. The lowest BCUT2D eigenvalue weighted by atomic mass is 10.1. The van der Waals surface area contributed by atoms with E-state index in [4.69, 9.17) is 0 Å². The van der Waals surface area contributed by atoms with Crippen LogP contribution >= 0.6 is 0 Å². The summed E-state index contributed by atoms with van der Waals surface area (Å²) in [7, 11) is 0. The second kappa shape index (κ2) is 4.30. The van der Waals surface area contributed by atoms with Crippen LogP contribution in [-0.4, -0.2) is 10.2 Å². The van der Waals surface area contributed by atoms with Crippen LogP contribution in [0.25, 0.3) is 0 Å². The molecule has 0 fully saturated rings. The van der Waals surface area contributed by atoms with E-state index >= 15 is 0 Å². The van der Waals surface area contributed by atoms with Crippen LogP contribution in [0.3, 0.4) is 0 Å². The number of hydrogen-bond donors (Lipinski definition) is 1. The molecule has 0 aliphatic rings. The molecule has 0 saturated heterocycles. The maximum atomic E-state index is 4.29. The Labute approximate surface area is 90.3 Å². The minimum atomic E-state index is 0.491. The highest BCUT2D eigenvalue weighted by atomic mass is 15.1. The van der Waals surface area contributed by atoms with Crippen molar-refractivity contribution < 1.29 is 0 Å². The van der Waals surface area contributed by atoms with Gasteiger partial charge in [0.05, 0.1) is 5.69 Å². The van der Waals surface area contributed by atoms with Crippen LogP contribution in [-0.2, 0) is 6.42 Å². The largest absolute Gasteiger partial charge is 0.282 e. The molecule has 2 nitrogen and oxygen atoms in total. The smallest absolute Gasteiger partial charge is 0.0650 e. The number of nitrogens with one attached hydrogen (secondary N) is 1. The van der Waals surface area contributed by atoms with Gasteiger partial charge in [-0.2, -0.15) is 5.10 Å². The number of rotatable bonds is 3. The third-order valence-electron chi connectivity index (χ3n) is 2.48. The first kappa shape index (κ1) is 9.97. The Morgan fingerprint density at radius 3 is 2.53 bits per heavy atom. The molecule has 0 saturated carbocycles. The van der Waals surface area contributed by atoms with E-state index in [1.54, 1.807) is 0 Å². The van der Waals surface area contributed by atoms with E-state index in [1.165, 1.54) is 11.3 Å². The quantitative estimate of drug-likeness (QED) is 0.810. The zero-order chi connectivity index (χ0) is 10.7. The van der Waals surface area contributed by atoms with E-state index in [2.05, 4.69) is 54.4 Å². The summed E-state index contributed by atoms with van der Waals surface area (Å²) in [5.41, 5.74) is 3.64. The monoisotopic (exact) mass is 200 g/mol. The third kappa shape index (κ3) is 2.46. The Morgan fingerprint density at radius 2 is 1.93 bits per heavy atom. The highest BCUT2D eigenvalue weighted by molar-refractivity contribution is 5.23. The van der Waals surface area contributed by atoms with Gasteiger partial charge in [0.15, 0.2) is 0 Å². The molecule has 15 heavy (non-hydrogen) atoms. The molecule has 0 radical (unpaired) electrons. The molecular weight excluding hydrogens is 184 g/mol. The molecule has 1 heterocycles. The molecule has 0 atom stereocenters. The molecule has 0 spiro atoms. The number of aromatic nitrogens is 2. The lowest BCUT2D eigenvalue weighted by molar-refractivity contribution is 0.809. The third-order valence-corrected chi connectivity index (χ3v) is 2.48. The fourth-order valence-electron chi connectivity index (χ4n) is 1.58. The van der Waals surface area contributed by atoms with Gasteiger partial charge in [0.1, 0.15) is 0 Å². The Balaban J connectivity index is 2.12. The summed E-state index contributed by atoms with van der Waals surface area (Å²) in [6.07, 6.45) is 0.931. The van der Waals surface area contributed by atoms with E-state index in [-0.39, 0.29) is 0 Å². The van der Waals surface area contributed by atoms with Gasteiger partial charge in [0.2, 0.25) is 0 Å². The van der Waals surface area contributed by atoms with E-state index < -0.39 is 0 Å². The van der Waals surface area contributed by atoms with Gasteiger partial charge in [-0.3, -0.25) is 5.10 Å². The first-order valence-corrected chi connectivity index (χ1v) is 5.34. The summed E-state index contributed by atoms with van der Waals surface area (Å²) < 4.78 is 0. The molecule has 2 aromatic rings. The number of aromatic amines is 1. The second-order valence-corrected chi connectivity index (χ2v) is 4.14. The molecule has 78 valence electrons. The van der Waals surface area contributed by atoms with Gasteiger partial charge in [-0.05, 0) is 17.5 Å². The Morgan fingerprint density at radius 1 is 1.20 bits per heavy atom. The van der Waals surface area contributed by atoms with E-state index in [1.807, 2.05) is 6.07 Å². The molecule has 0 aliphatic heterocycles. The van der Waals surface area contributed by atoms with Crippen LogP contribution in [0.5, 0.6) is 0 Å². The molecule has 1 aromatic carbocycles. The van der Waals surface area contributed by atoms with Gasteiger partial charge in [0.25, 0.3) is 0 Å². The molecule has 0 bridgehead atoms. The number of H-pyrrole nitrogens is 1. The fourth-order valence-corrected chi connectivity index (χ4v) is 1.58. The van der Waals surface area contributed by atoms with Crippen LogP contribution in [0.2, 0.25) is 0 Å². The Kier molecular flexibility index (Phi) is 2.86. The molecule has 1 N–H and O–H groups in total. The standard InChI is InChI=1S/C13H16N2/c1-10(2)13-9-12(14-15-13)8-11-6-4-3-5-7-11/h3-7,9-10H,8H2,1-2H3,(H,14,15). The van der Waals surface area contributed by atoms with Gasteiger partial charge in [-0.25, -0.2) is 0 Å². The lowest BCUT2D eigenvalue weighted by Crippen LogP contribution is -1.87. The van der Waals surface area contributed by atoms with Crippen molar-refractivity contribution in [3.8, 4) is 0 Å². The molecule has 0 aliphatic carbocycles. The van der Waals surface area contributed by atoms with Crippen LogP contribution < -0.4 is 0 Å². The average molecular weight is 200 g/mol. The van der Waals surface area contributed by atoms with Gasteiger partial charge in [-0.1, -0.05) is 44.2 Å². The van der Waals surface area contributed by atoms with Gasteiger partial charge in [-0.15, -0.1) is 0 Å². The maximum absolute atomic E-state index is 4.29.